The fourth-order valence-corrected chi connectivity index (χ4v) is 2.97. The van der Waals surface area contributed by atoms with Crippen LogP contribution in [-0.4, -0.2) is 21.9 Å². The number of nitrogens with zero attached hydrogens (tertiary/aromatic N) is 2. The van der Waals surface area contributed by atoms with Crippen LogP contribution >= 0.6 is 23.4 Å². The largest absolute Gasteiger partial charge is 0.411 e. The summed E-state index contributed by atoms with van der Waals surface area (Å²) in [6, 6.07) is 15.1. The second kappa shape index (κ2) is 8.18. The standard InChI is InChI=1S/C18H16ClN3O2S/c1-12-5-2-3-6-14(12)10-20-16(23)11-25-18-22-21-17(24-18)13-7-4-8-15(19)9-13/h2-9H,10-11H2,1H3,(H,20,23). The number of halogens is 1. The first kappa shape index (κ1) is 17.5. The van der Waals surface area contributed by atoms with Crippen LogP contribution in [0.5, 0.6) is 0 Å². The minimum Gasteiger partial charge on any atom is -0.411 e. The quantitative estimate of drug-likeness (QED) is 0.658. The molecule has 128 valence electrons. The van der Waals surface area contributed by atoms with Gasteiger partial charge < -0.3 is 9.73 Å². The highest BCUT2D eigenvalue weighted by molar-refractivity contribution is 7.99. The number of nitrogens with one attached hydrogen (secondary N) is 1. The van der Waals surface area contributed by atoms with Crippen molar-refractivity contribution in [3.05, 3.63) is 64.7 Å². The highest BCUT2D eigenvalue weighted by Crippen LogP contribution is 2.24. The van der Waals surface area contributed by atoms with E-state index in [0.29, 0.717) is 22.7 Å². The van der Waals surface area contributed by atoms with E-state index in [2.05, 4.69) is 15.5 Å². The van der Waals surface area contributed by atoms with E-state index in [4.69, 9.17) is 16.0 Å². The summed E-state index contributed by atoms with van der Waals surface area (Å²) in [5, 5.41) is 11.8. The number of carbonyl (C=O) groups excluding carboxylic acids is 1. The average Bonchev–Trinajstić information content (AvgIpc) is 3.08. The number of aromatic nitrogens is 2. The van der Waals surface area contributed by atoms with E-state index in [1.165, 1.54) is 11.8 Å². The highest BCUT2D eigenvalue weighted by atomic mass is 35.5. The van der Waals surface area contributed by atoms with E-state index in [9.17, 15) is 4.79 Å². The third-order valence-electron chi connectivity index (χ3n) is 3.54. The Hall–Kier alpha value is -2.31. The van der Waals surface area contributed by atoms with Crippen molar-refractivity contribution in [2.75, 3.05) is 5.75 Å². The fraction of sp³-hybridized carbons (Fsp3) is 0.167. The third-order valence-corrected chi connectivity index (χ3v) is 4.60. The number of thioether (sulfide) groups is 1. The fourth-order valence-electron chi connectivity index (χ4n) is 2.19. The van der Waals surface area contributed by atoms with Gasteiger partial charge in [0.25, 0.3) is 5.22 Å². The van der Waals surface area contributed by atoms with E-state index >= 15 is 0 Å². The summed E-state index contributed by atoms with van der Waals surface area (Å²) < 4.78 is 5.56. The first-order valence-corrected chi connectivity index (χ1v) is 9.01. The third kappa shape index (κ3) is 4.84. The molecule has 7 heteroatoms. The Morgan fingerprint density at radius 1 is 1.20 bits per heavy atom. The van der Waals surface area contributed by atoms with E-state index in [0.717, 1.165) is 16.7 Å². The van der Waals surface area contributed by atoms with Gasteiger partial charge in [0, 0.05) is 17.1 Å². The lowest BCUT2D eigenvalue weighted by Crippen LogP contribution is -2.24. The van der Waals surface area contributed by atoms with Crippen LogP contribution in [0.1, 0.15) is 11.1 Å². The molecule has 0 bridgehead atoms. The van der Waals surface area contributed by atoms with Gasteiger partial charge in [-0.15, -0.1) is 10.2 Å². The zero-order valence-corrected chi connectivity index (χ0v) is 15.1. The summed E-state index contributed by atoms with van der Waals surface area (Å²) in [6.45, 7) is 2.52. The summed E-state index contributed by atoms with van der Waals surface area (Å²) in [5.41, 5.74) is 3.00. The molecule has 0 aliphatic rings. The van der Waals surface area contributed by atoms with E-state index in [-0.39, 0.29) is 11.7 Å². The first-order valence-electron chi connectivity index (χ1n) is 7.65. The molecule has 0 aliphatic carbocycles. The van der Waals surface area contributed by atoms with Crippen molar-refractivity contribution in [1.82, 2.24) is 15.5 Å². The molecule has 0 spiro atoms. The Kier molecular flexibility index (Phi) is 5.73. The van der Waals surface area contributed by atoms with E-state index in [1.807, 2.05) is 43.3 Å². The summed E-state index contributed by atoms with van der Waals surface area (Å²) in [5.74, 6) is 0.504. The Labute approximate surface area is 154 Å². The molecule has 3 rings (SSSR count). The molecule has 1 amide bonds. The second-order valence-electron chi connectivity index (χ2n) is 5.38. The lowest BCUT2D eigenvalue weighted by molar-refractivity contribution is -0.118. The van der Waals surface area contributed by atoms with Crippen LogP contribution in [0.2, 0.25) is 5.02 Å². The molecule has 3 aromatic rings. The number of carbonyl (C=O) groups is 1. The Balaban J connectivity index is 1.52. The maximum atomic E-state index is 12.0. The predicted octanol–water partition coefficient (Wildman–Crippen LogP) is 4.11. The maximum Gasteiger partial charge on any atom is 0.277 e. The average molecular weight is 374 g/mol. The highest BCUT2D eigenvalue weighted by Gasteiger charge is 2.11. The number of hydrogen-bond donors (Lipinski definition) is 1. The van der Waals surface area contributed by atoms with Crippen LogP contribution in [-0.2, 0) is 11.3 Å². The molecule has 0 atom stereocenters. The van der Waals surface area contributed by atoms with Gasteiger partial charge in [-0.2, -0.15) is 0 Å². The van der Waals surface area contributed by atoms with Gasteiger partial charge in [0.15, 0.2) is 0 Å². The second-order valence-corrected chi connectivity index (χ2v) is 6.74. The van der Waals surface area contributed by atoms with Crippen LogP contribution in [0.4, 0.5) is 0 Å². The van der Waals surface area contributed by atoms with E-state index < -0.39 is 0 Å². The molecule has 0 saturated carbocycles. The normalized spacial score (nSPS) is 10.6. The lowest BCUT2D eigenvalue weighted by Gasteiger charge is -2.06. The van der Waals surface area contributed by atoms with Crippen molar-refractivity contribution < 1.29 is 9.21 Å². The SMILES string of the molecule is Cc1ccccc1CNC(=O)CSc1nnc(-c2cccc(Cl)c2)o1. The summed E-state index contributed by atoms with van der Waals surface area (Å²) >= 11 is 7.15. The summed E-state index contributed by atoms with van der Waals surface area (Å²) in [6.07, 6.45) is 0. The van der Waals surface area contributed by atoms with Crippen molar-refractivity contribution in [1.29, 1.82) is 0 Å². The van der Waals surface area contributed by atoms with E-state index in [1.54, 1.807) is 12.1 Å². The van der Waals surface area contributed by atoms with Gasteiger partial charge in [-0.3, -0.25) is 4.79 Å². The minimum atomic E-state index is -0.0873. The zero-order valence-electron chi connectivity index (χ0n) is 13.5. The molecule has 0 unspecified atom stereocenters. The van der Waals surface area contributed by atoms with Gasteiger partial charge in [0.05, 0.1) is 5.75 Å². The topological polar surface area (TPSA) is 68.0 Å². The summed E-state index contributed by atoms with van der Waals surface area (Å²) in [7, 11) is 0. The van der Waals surface area contributed by atoms with Gasteiger partial charge in [0.1, 0.15) is 0 Å². The molecule has 0 aliphatic heterocycles. The van der Waals surface area contributed by atoms with Gasteiger partial charge in [-0.25, -0.2) is 0 Å². The van der Waals surface area contributed by atoms with Crippen molar-refractivity contribution in [3.8, 4) is 11.5 Å². The molecular weight excluding hydrogens is 358 g/mol. The van der Waals surface area contributed by atoms with Crippen LogP contribution < -0.4 is 5.32 Å². The molecule has 1 heterocycles. The molecule has 0 saturated heterocycles. The Morgan fingerprint density at radius 2 is 2.04 bits per heavy atom. The van der Waals surface area contributed by atoms with Crippen molar-refractivity contribution in [3.63, 3.8) is 0 Å². The molecule has 0 radical (unpaired) electrons. The van der Waals surface area contributed by atoms with Crippen LogP contribution in [0.3, 0.4) is 0 Å². The number of rotatable bonds is 6. The molecule has 2 aromatic carbocycles. The molecular formula is C18H16ClN3O2S. The Morgan fingerprint density at radius 3 is 2.84 bits per heavy atom. The molecule has 1 aromatic heterocycles. The zero-order chi connectivity index (χ0) is 17.6. The number of hydrogen-bond acceptors (Lipinski definition) is 5. The van der Waals surface area contributed by atoms with Crippen molar-refractivity contribution >= 4 is 29.3 Å². The van der Waals surface area contributed by atoms with Crippen LogP contribution in [0, 0.1) is 6.92 Å². The van der Waals surface area contributed by atoms with Gasteiger partial charge in [-0.1, -0.05) is 53.7 Å². The number of aryl methyl sites for hydroxylation is 1. The molecule has 5 nitrogen and oxygen atoms in total. The number of benzene rings is 2. The van der Waals surface area contributed by atoms with Crippen LogP contribution in [0.25, 0.3) is 11.5 Å². The summed E-state index contributed by atoms with van der Waals surface area (Å²) in [4.78, 5) is 12.0. The van der Waals surface area contributed by atoms with Crippen LogP contribution in [0.15, 0.2) is 58.2 Å². The minimum absolute atomic E-state index is 0.0873. The van der Waals surface area contributed by atoms with Gasteiger partial charge in [-0.05, 0) is 36.2 Å². The van der Waals surface area contributed by atoms with Crippen molar-refractivity contribution in [2.45, 2.75) is 18.7 Å². The smallest absolute Gasteiger partial charge is 0.277 e. The monoisotopic (exact) mass is 373 g/mol. The molecule has 25 heavy (non-hydrogen) atoms. The Bertz CT molecular complexity index is 882. The number of amides is 1. The molecule has 1 N–H and O–H groups in total. The first-order chi connectivity index (χ1) is 12.1. The van der Waals surface area contributed by atoms with Crippen molar-refractivity contribution in [2.24, 2.45) is 0 Å². The predicted molar refractivity (Wildman–Crippen MR) is 98.5 cm³/mol. The lowest BCUT2D eigenvalue weighted by atomic mass is 10.1. The van der Waals surface area contributed by atoms with Gasteiger partial charge >= 0.3 is 0 Å². The van der Waals surface area contributed by atoms with Gasteiger partial charge in [0.2, 0.25) is 11.8 Å². The molecule has 0 fully saturated rings. The maximum absolute atomic E-state index is 12.0.